The van der Waals surface area contributed by atoms with Crippen LogP contribution in [-0.4, -0.2) is 19.8 Å². The molecule has 0 fully saturated rings. The van der Waals surface area contributed by atoms with Crippen molar-refractivity contribution in [2.75, 3.05) is 19.8 Å². The van der Waals surface area contributed by atoms with E-state index in [0.29, 0.717) is 0 Å². The maximum absolute atomic E-state index is 12.3. The molecule has 0 aliphatic carbocycles. The number of halogens is 4. The minimum atomic E-state index is -4.39. The van der Waals surface area contributed by atoms with Crippen molar-refractivity contribution in [1.82, 2.24) is 0 Å². The largest absolute Gasteiger partial charge is 0.488 e. The van der Waals surface area contributed by atoms with E-state index in [1.54, 1.807) is 0 Å². The summed E-state index contributed by atoms with van der Waals surface area (Å²) in [7, 11) is 0. The molecule has 0 unspecified atom stereocenters. The van der Waals surface area contributed by atoms with E-state index in [0.717, 1.165) is 31.4 Å². The van der Waals surface area contributed by atoms with Gasteiger partial charge in [-0.3, -0.25) is 0 Å². The predicted octanol–water partition coefficient (Wildman–Crippen LogP) is 4.97. The number of ether oxygens (including phenoxy) is 2. The molecule has 0 saturated carbocycles. The molecule has 1 aromatic rings. The third-order valence-corrected chi connectivity index (χ3v) is 2.34. The van der Waals surface area contributed by atoms with Gasteiger partial charge in [0.15, 0.2) is 0 Å². The van der Waals surface area contributed by atoms with Gasteiger partial charge in [0.25, 0.3) is 0 Å². The van der Waals surface area contributed by atoms with Gasteiger partial charge < -0.3 is 9.47 Å². The van der Waals surface area contributed by atoms with Crippen LogP contribution in [-0.2, 0) is 10.9 Å². The summed E-state index contributed by atoms with van der Waals surface area (Å²) in [6.45, 7) is 9.17. The van der Waals surface area contributed by atoms with Crippen LogP contribution in [0.2, 0.25) is 5.02 Å². The summed E-state index contributed by atoms with van der Waals surface area (Å²) in [5.41, 5.74) is -0.786. The van der Waals surface area contributed by atoms with Crippen LogP contribution in [0.3, 0.4) is 0 Å². The van der Waals surface area contributed by atoms with Gasteiger partial charge in [0.05, 0.1) is 10.6 Å². The smallest absolute Gasteiger partial charge is 0.416 e. The first-order valence-electron chi connectivity index (χ1n) is 6.04. The first-order chi connectivity index (χ1) is 9.36. The van der Waals surface area contributed by atoms with E-state index in [4.69, 9.17) is 21.1 Å². The lowest BCUT2D eigenvalue weighted by atomic mass is 10.2. The summed E-state index contributed by atoms with van der Waals surface area (Å²) in [5, 5.41) is 0.143. The fourth-order valence-electron chi connectivity index (χ4n) is 1.14. The normalized spacial score (nSPS) is 10.5. The first-order valence-corrected chi connectivity index (χ1v) is 6.42. The Hall–Kier alpha value is -1.20. The zero-order chi connectivity index (χ0) is 15.6. The topological polar surface area (TPSA) is 18.5 Å². The Labute approximate surface area is 122 Å². The van der Waals surface area contributed by atoms with Crippen LogP contribution in [0.4, 0.5) is 13.2 Å². The second-order valence-corrected chi connectivity index (χ2v) is 3.93. The SMILES string of the molecule is C=CCOc1cc(C(F)(F)F)ccc1Cl.CCOCC. The average molecular weight is 311 g/mol. The fraction of sp³-hybridized carbons (Fsp3) is 0.429. The molecule has 20 heavy (non-hydrogen) atoms. The Morgan fingerprint density at radius 2 is 1.85 bits per heavy atom. The molecule has 1 aromatic carbocycles. The van der Waals surface area contributed by atoms with Gasteiger partial charge in [0, 0.05) is 13.2 Å². The van der Waals surface area contributed by atoms with Crippen LogP contribution in [0.1, 0.15) is 19.4 Å². The lowest BCUT2D eigenvalue weighted by molar-refractivity contribution is -0.137. The van der Waals surface area contributed by atoms with E-state index in [2.05, 4.69) is 6.58 Å². The Morgan fingerprint density at radius 1 is 1.25 bits per heavy atom. The number of alkyl halides is 3. The van der Waals surface area contributed by atoms with Crippen LogP contribution in [0.5, 0.6) is 5.75 Å². The molecule has 0 aliphatic heterocycles. The van der Waals surface area contributed by atoms with E-state index >= 15 is 0 Å². The molecule has 0 spiro atoms. The van der Waals surface area contributed by atoms with Gasteiger partial charge >= 0.3 is 6.18 Å². The van der Waals surface area contributed by atoms with Gasteiger partial charge in [-0.1, -0.05) is 24.3 Å². The van der Waals surface area contributed by atoms with Crippen molar-refractivity contribution in [2.24, 2.45) is 0 Å². The molecule has 0 saturated heterocycles. The molecular formula is C14H18ClF3O2. The Balaban J connectivity index is 0.000000621. The molecule has 0 aliphatic rings. The van der Waals surface area contributed by atoms with Crippen molar-refractivity contribution >= 4 is 11.6 Å². The summed E-state index contributed by atoms with van der Waals surface area (Å²) in [5.74, 6) is 0.00592. The van der Waals surface area contributed by atoms with Crippen molar-refractivity contribution in [3.63, 3.8) is 0 Å². The molecule has 0 amide bonds. The lowest BCUT2D eigenvalue weighted by Gasteiger charge is -2.10. The van der Waals surface area contributed by atoms with E-state index < -0.39 is 11.7 Å². The molecule has 114 valence electrons. The van der Waals surface area contributed by atoms with E-state index in [1.807, 2.05) is 13.8 Å². The van der Waals surface area contributed by atoms with Crippen molar-refractivity contribution in [3.05, 3.63) is 41.4 Å². The van der Waals surface area contributed by atoms with E-state index in [1.165, 1.54) is 6.08 Å². The van der Waals surface area contributed by atoms with Crippen LogP contribution >= 0.6 is 11.6 Å². The number of rotatable bonds is 5. The summed E-state index contributed by atoms with van der Waals surface area (Å²) >= 11 is 5.66. The van der Waals surface area contributed by atoms with E-state index in [-0.39, 0.29) is 17.4 Å². The fourth-order valence-corrected chi connectivity index (χ4v) is 1.32. The maximum atomic E-state index is 12.3. The molecule has 0 heterocycles. The molecule has 6 heteroatoms. The van der Waals surface area contributed by atoms with Crippen molar-refractivity contribution in [2.45, 2.75) is 20.0 Å². The standard InChI is InChI=1S/C10H8ClF3O.C4H10O/c1-2-5-15-9-6-7(10(12,13)14)3-4-8(9)11;1-3-5-4-2/h2-4,6H,1,5H2;3-4H2,1-2H3. The maximum Gasteiger partial charge on any atom is 0.416 e. The Bertz CT molecular complexity index is 404. The zero-order valence-electron chi connectivity index (χ0n) is 11.5. The van der Waals surface area contributed by atoms with Crippen LogP contribution < -0.4 is 4.74 Å². The van der Waals surface area contributed by atoms with Gasteiger partial charge in [0.1, 0.15) is 12.4 Å². The van der Waals surface area contributed by atoms with Gasteiger partial charge in [-0.2, -0.15) is 13.2 Å². The highest BCUT2D eigenvalue weighted by atomic mass is 35.5. The molecular weight excluding hydrogens is 293 g/mol. The third-order valence-electron chi connectivity index (χ3n) is 2.02. The number of hydrogen-bond acceptors (Lipinski definition) is 2. The number of hydrogen-bond donors (Lipinski definition) is 0. The van der Waals surface area contributed by atoms with Crippen molar-refractivity contribution in [3.8, 4) is 5.75 Å². The highest BCUT2D eigenvalue weighted by molar-refractivity contribution is 6.32. The van der Waals surface area contributed by atoms with Crippen LogP contribution in [0, 0.1) is 0 Å². The summed E-state index contributed by atoms with van der Waals surface area (Å²) < 4.78 is 46.7. The zero-order valence-corrected chi connectivity index (χ0v) is 12.2. The van der Waals surface area contributed by atoms with Gasteiger partial charge in [-0.25, -0.2) is 0 Å². The van der Waals surface area contributed by atoms with Gasteiger partial charge in [0.2, 0.25) is 0 Å². The van der Waals surface area contributed by atoms with Crippen LogP contribution in [0.25, 0.3) is 0 Å². The third kappa shape index (κ3) is 7.40. The van der Waals surface area contributed by atoms with Gasteiger partial charge in [-0.15, -0.1) is 0 Å². The van der Waals surface area contributed by atoms with Crippen molar-refractivity contribution < 1.29 is 22.6 Å². The number of benzene rings is 1. The van der Waals surface area contributed by atoms with Crippen molar-refractivity contribution in [1.29, 1.82) is 0 Å². The molecule has 0 atom stereocenters. The van der Waals surface area contributed by atoms with Crippen LogP contribution in [0.15, 0.2) is 30.9 Å². The minimum absolute atomic E-state index is 0.00592. The van der Waals surface area contributed by atoms with Gasteiger partial charge in [-0.05, 0) is 32.0 Å². The highest BCUT2D eigenvalue weighted by Crippen LogP contribution is 2.34. The second kappa shape index (κ2) is 9.66. The first kappa shape index (κ1) is 18.8. The summed E-state index contributed by atoms with van der Waals surface area (Å²) in [6.07, 6.45) is -2.96. The lowest BCUT2D eigenvalue weighted by Crippen LogP contribution is -2.05. The Morgan fingerprint density at radius 3 is 2.25 bits per heavy atom. The summed E-state index contributed by atoms with van der Waals surface area (Å²) in [6, 6.07) is 2.93. The summed E-state index contributed by atoms with van der Waals surface area (Å²) in [4.78, 5) is 0. The quantitative estimate of drug-likeness (QED) is 0.715. The minimum Gasteiger partial charge on any atom is -0.488 e. The monoisotopic (exact) mass is 310 g/mol. The molecule has 2 nitrogen and oxygen atoms in total. The average Bonchev–Trinajstić information content (AvgIpc) is 2.38. The second-order valence-electron chi connectivity index (χ2n) is 3.52. The predicted molar refractivity (Wildman–Crippen MR) is 74.3 cm³/mol. The molecule has 1 rings (SSSR count). The molecule has 0 aromatic heterocycles. The molecule has 0 N–H and O–H groups in total. The Kier molecular flexibility index (Phi) is 9.08. The molecule has 0 radical (unpaired) electrons. The highest BCUT2D eigenvalue weighted by Gasteiger charge is 2.31. The molecule has 0 bridgehead atoms. The van der Waals surface area contributed by atoms with E-state index in [9.17, 15) is 13.2 Å².